The molecular formula is C21H28ClN5O3S. The van der Waals surface area contributed by atoms with E-state index in [1.807, 2.05) is 29.2 Å². The van der Waals surface area contributed by atoms with Gasteiger partial charge in [0.2, 0.25) is 15.9 Å². The Morgan fingerprint density at radius 1 is 1.16 bits per heavy atom. The van der Waals surface area contributed by atoms with E-state index in [1.165, 1.54) is 21.4 Å². The number of aryl methyl sites for hydroxylation is 1. The molecule has 10 heteroatoms. The second-order valence-electron chi connectivity index (χ2n) is 8.24. The van der Waals surface area contributed by atoms with Crippen LogP contribution in [0.2, 0.25) is 5.02 Å². The maximum Gasteiger partial charge on any atom is 0.246 e. The van der Waals surface area contributed by atoms with E-state index in [1.54, 1.807) is 7.05 Å². The minimum atomic E-state index is -3.63. The van der Waals surface area contributed by atoms with E-state index in [2.05, 4.69) is 10.00 Å². The number of benzene rings is 1. The monoisotopic (exact) mass is 465 g/mol. The lowest BCUT2D eigenvalue weighted by Crippen LogP contribution is -2.52. The molecule has 2 fully saturated rings. The Labute approximate surface area is 188 Å². The fourth-order valence-electron chi connectivity index (χ4n) is 4.30. The van der Waals surface area contributed by atoms with Gasteiger partial charge in [0.1, 0.15) is 4.90 Å². The van der Waals surface area contributed by atoms with Crippen molar-refractivity contribution in [2.24, 2.45) is 13.0 Å². The van der Waals surface area contributed by atoms with E-state index in [0.29, 0.717) is 26.1 Å². The molecule has 0 spiro atoms. The highest BCUT2D eigenvalue weighted by atomic mass is 35.5. The van der Waals surface area contributed by atoms with Crippen LogP contribution >= 0.6 is 11.6 Å². The zero-order valence-corrected chi connectivity index (χ0v) is 19.2. The summed E-state index contributed by atoms with van der Waals surface area (Å²) in [6.07, 6.45) is 4.26. The topological polar surface area (TPSA) is 78.8 Å². The average Bonchev–Trinajstić information content (AvgIpc) is 3.23. The van der Waals surface area contributed by atoms with Gasteiger partial charge in [-0.1, -0.05) is 29.8 Å². The Bertz CT molecular complexity index is 1030. The third kappa shape index (κ3) is 4.95. The van der Waals surface area contributed by atoms with Crippen molar-refractivity contribution in [3.63, 3.8) is 0 Å². The lowest BCUT2D eigenvalue weighted by molar-refractivity contribution is -0.138. The molecule has 1 atom stereocenters. The smallest absolute Gasteiger partial charge is 0.246 e. The van der Waals surface area contributed by atoms with E-state index in [4.69, 9.17) is 11.6 Å². The number of carbonyl (C=O) groups excluding carboxylic acids is 1. The molecule has 2 saturated heterocycles. The fourth-order valence-corrected chi connectivity index (χ4v) is 6.00. The lowest BCUT2D eigenvalue weighted by Gasteiger charge is -2.38. The van der Waals surface area contributed by atoms with Crippen LogP contribution in [0.5, 0.6) is 0 Å². The van der Waals surface area contributed by atoms with Crippen LogP contribution in [-0.2, 0) is 28.4 Å². The minimum absolute atomic E-state index is 0.0588. The van der Waals surface area contributed by atoms with Gasteiger partial charge < -0.3 is 4.90 Å². The molecule has 1 aromatic heterocycles. The quantitative estimate of drug-likeness (QED) is 0.673. The number of hydrogen-bond donors (Lipinski definition) is 0. The summed E-state index contributed by atoms with van der Waals surface area (Å²) in [7, 11) is -1.94. The van der Waals surface area contributed by atoms with Crippen molar-refractivity contribution < 1.29 is 13.2 Å². The van der Waals surface area contributed by atoms with E-state index in [9.17, 15) is 13.2 Å². The van der Waals surface area contributed by atoms with E-state index in [0.717, 1.165) is 36.6 Å². The van der Waals surface area contributed by atoms with Crippen molar-refractivity contribution in [1.82, 2.24) is 23.9 Å². The summed E-state index contributed by atoms with van der Waals surface area (Å²) < 4.78 is 28.7. The maximum absolute atomic E-state index is 13.1. The Morgan fingerprint density at radius 2 is 1.90 bits per heavy atom. The molecule has 1 unspecified atom stereocenters. The molecule has 0 N–H and O–H groups in total. The number of sulfonamides is 1. The van der Waals surface area contributed by atoms with Gasteiger partial charge in [0, 0.05) is 64.1 Å². The second-order valence-corrected chi connectivity index (χ2v) is 10.6. The number of nitrogens with zero attached hydrogens (tertiary/aromatic N) is 5. The largest absolute Gasteiger partial charge is 0.340 e. The van der Waals surface area contributed by atoms with Gasteiger partial charge in [-0.25, -0.2) is 8.42 Å². The van der Waals surface area contributed by atoms with Crippen LogP contribution in [0.1, 0.15) is 18.4 Å². The van der Waals surface area contributed by atoms with Crippen LogP contribution in [-0.4, -0.2) is 77.5 Å². The molecule has 0 bridgehead atoms. The number of piperidine rings is 1. The van der Waals surface area contributed by atoms with Gasteiger partial charge in [0.05, 0.1) is 12.1 Å². The number of hydrogen-bond acceptors (Lipinski definition) is 5. The number of rotatable bonds is 5. The van der Waals surface area contributed by atoms with Crippen LogP contribution in [0.15, 0.2) is 41.6 Å². The maximum atomic E-state index is 13.1. The summed E-state index contributed by atoms with van der Waals surface area (Å²) in [4.78, 5) is 17.5. The van der Waals surface area contributed by atoms with Crippen LogP contribution in [0.3, 0.4) is 0 Å². The normalized spacial score (nSPS) is 21.4. The van der Waals surface area contributed by atoms with Crippen molar-refractivity contribution in [2.75, 3.05) is 39.3 Å². The summed E-state index contributed by atoms with van der Waals surface area (Å²) >= 11 is 6.27. The first-order valence-corrected chi connectivity index (χ1v) is 12.4. The second kappa shape index (κ2) is 9.28. The summed E-state index contributed by atoms with van der Waals surface area (Å²) in [5.74, 6) is -0.237. The van der Waals surface area contributed by atoms with Crippen LogP contribution in [0.25, 0.3) is 0 Å². The first-order valence-electron chi connectivity index (χ1n) is 10.6. The minimum Gasteiger partial charge on any atom is -0.340 e. The van der Waals surface area contributed by atoms with E-state index in [-0.39, 0.29) is 23.3 Å². The molecule has 31 heavy (non-hydrogen) atoms. The SMILES string of the molecule is Cn1cc(S(=O)(=O)N2CCCC(C(=O)N3CCN(Cc4ccccc4Cl)CC3)C2)cn1. The molecule has 2 aliphatic heterocycles. The van der Waals surface area contributed by atoms with Crippen molar-refractivity contribution >= 4 is 27.5 Å². The predicted molar refractivity (Wildman–Crippen MR) is 118 cm³/mol. The summed E-state index contributed by atoms with van der Waals surface area (Å²) in [6.45, 7) is 4.29. The van der Waals surface area contributed by atoms with Gasteiger partial charge in [0.15, 0.2) is 0 Å². The number of aromatic nitrogens is 2. The zero-order valence-electron chi connectivity index (χ0n) is 17.7. The highest BCUT2D eigenvalue weighted by molar-refractivity contribution is 7.89. The van der Waals surface area contributed by atoms with Crippen molar-refractivity contribution in [2.45, 2.75) is 24.3 Å². The molecule has 1 amide bonds. The molecule has 2 aromatic rings. The third-order valence-electron chi connectivity index (χ3n) is 6.09. The lowest BCUT2D eigenvalue weighted by atomic mass is 9.97. The summed E-state index contributed by atoms with van der Waals surface area (Å²) in [5.41, 5.74) is 1.09. The van der Waals surface area contributed by atoms with Crippen LogP contribution < -0.4 is 0 Å². The number of amides is 1. The first kappa shape index (κ1) is 22.3. The third-order valence-corrected chi connectivity index (χ3v) is 8.27. The molecule has 168 valence electrons. The number of carbonyl (C=O) groups is 1. The Morgan fingerprint density at radius 3 is 2.58 bits per heavy atom. The van der Waals surface area contributed by atoms with Gasteiger partial charge in [0.25, 0.3) is 0 Å². The molecule has 0 saturated carbocycles. The number of halogens is 1. The standard InChI is InChI=1S/C21H28ClN5O3S/c1-24-16-19(13-23-24)31(29,30)27-8-4-6-18(15-27)21(28)26-11-9-25(10-12-26)14-17-5-2-3-7-20(17)22/h2-3,5,7,13,16,18H,4,6,8-12,14-15H2,1H3. The van der Waals surface area contributed by atoms with Crippen LogP contribution in [0.4, 0.5) is 0 Å². The van der Waals surface area contributed by atoms with E-state index < -0.39 is 10.0 Å². The zero-order chi connectivity index (χ0) is 22.0. The Balaban J connectivity index is 1.34. The predicted octanol–water partition coefficient (Wildman–Crippen LogP) is 1.82. The molecule has 8 nitrogen and oxygen atoms in total. The first-order chi connectivity index (χ1) is 14.8. The van der Waals surface area contributed by atoms with Crippen molar-refractivity contribution in [1.29, 1.82) is 0 Å². The summed E-state index contributed by atoms with van der Waals surface area (Å²) in [6, 6.07) is 7.82. The molecule has 0 radical (unpaired) electrons. The van der Waals surface area contributed by atoms with Crippen molar-refractivity contribution in [3.8, 4) is 0 Å². The summed E-state index contributed by atoms with van der Waals surface area (Å²) in [5, 5.41) is 4.73. The highest BCUT2D eigenvalue weighted by Gasteiger charge is 2.36. The highest BCUT2D eigenvalue weighted by Crippen LogP contribution is 2.25. The van der Waals surface area contributed by atoms with Crippen LogP contribution in [0, 0.1) is 5.92 Å². The Hall–Kier alpha value is -1.94. The molecule has 3 heterocycles. The average molecular weight is 466 g/mol. The van der Waals surface area contributed by atoms with Crippen molar-refractivity contribution in [3.05, 3.63) is 47.2 Å². The van der Waals surface area contributed by atoms with Gasteiger partial charge in [-0.05, 0) is 24.5 Å². The van der Waals surface area contributed by atoms with Gasteiger partial charge in [-0.15, -0.1) is 0 Å². The molecule has 0 aliphatic carbocycles. The number of piperazine rings is 1. The molecule has 4 rings (SSSR count). The van der Waals surface area contributed by atoms with Gasteiger partial charge in [-0.3, -0.25) is 14.4 Å². The molecular weight excluding hydrogens is 438 g/mol. The Kier molecular flexibility index (Phi) is 6.66. The molecule has 1 aromatic carbocycles. The fraction of sp³-hybridized carbons (Fsp3) is 0.524. The van der Waals surface area contributed by atoms with E-state index >= 15 is 0 Å². The van der Waals surface area contributed by atoms with Gasteiger partial charge in [-0.2, -0.15) is 9.40 Å². The molecule has 2 aliphatic rings. The van der Waals surface area contributed by atoms with Gasteiger partial charge >= 0.3 is 0 Å².